The van der Waals surface area contributed by atoms with Gasteiger partial charge in [0.25, 0.3) is 0 Å². The third-order valence-corrected chi connectivity index (χ3v) is 16.8. The molecule has 6 aromatic carbocycles. The van der Waals surface area contributed by atoms with Crippen molar-refractivity contribution < 1.29 is 32.6 Å². The van der Waals surface area contributed by atoms with E-state index in [0.29, 0.717) is 36.5 Å². The van der Waals surface area contributed by atoms with Crippen molar-refractivity contribution in [1.29, 1.82) is 0 Å². The molecule has 4 atom stereocenters. The summed E-state index contributed by atoms with van der Waals surface area (Å²) >= 11 is 0. The number of hydrogen-bond donors (Lipinski definition) is 1. The third kappa shape index (κ3) is 11.9. The van der Waals surface area contributed by atoms with Gasteiger partial charge in [0.1, 0.15) is 37.1 Å². The van der Waals surface area contributed by atoms with Crippen molar-refractivity contribution >= 4 is 26.0 Å². The molecule has 1 aliphatic heterocycles. The van der Waals surface area contributed by atoms with Gasteiger partial charge in [0.15, 0.2) is 8.32 Å². The average Bonchev–Trinajstić information content (AvgIpc) is 3.66. The molecule has 2 amide bonds. The summed E-state index contributed by atoms with van der Waals surface area (Å²) in [6, 6.07) is 50.3. The number of amides is 2. The highest BCUT2D eigenvalue weighted by Crippen LogP contribution is 2.44. The van der Waals surface area contributed by atoms with Crippen LogP contribution < -0.4 is 14.8 Å². The van der Waals surface area contributed by atoms with Crippen LogP contribution in [0.4, 0.5) is 14.9 Å². The summed E-state index contributed by atoms with van der Waals surface area (Å²) in [4.78, 5) is 30.8. The smallest absolute Gasteiger partial charge is 0.416 e. The number of hydrogen-bond acceptors (Lipinski definition) is 7. The number of cyclic esters (lactones) is 1. The highest BCUT2D eigenvalue weighted by molar-refractivity contribution is 6.74. The van der Waals surface area contributed by atoms with E-state index in [4.69, 9.17) is 18.6 Å². The molecular formula is C54H59FN2O6Si. The van der Waals surface area contributed by atoms with Gasteiger partial charge in [-0.05, 0) is 96.0 Å². The fraction of sp³-hybridized carbons (Fsp3) is 0.296. The van der Waals surface area contributed by atoms with Crippen LogP contribution in [0.3, 0.4) is 0 Å². The molecule has 1 aliphatic rings. The Labute approximate surface area is 378 Å². The second kappa shape index (κ2) is 21.0. The first-order chi connectivity index (χ1) is 30.8. The Morgan fingerprint density at radius 3 is 1.91 bits per heavy atom. The van der Waals surface area contributed by atoms with E-state index in [0.717, 1.165) is 27.9 Å². The largest absolute Gasteiger partial charge is 0.489 e. The van der Waals surface area contributed by atoms with Crippen LogP contribution in [-0.2, 0) is 33.6 Å². The Hall–Kier alpha value is -6.23. The highest BCUT2D eigenvalue weighted by atomic mass is 28.4. The van der Waals surface area contributed by atoms with Crippen molar-refractivity contribution in [3.63, 3.8) is 0 Å². The molecular weight excluding hydrogens is 820 g/mol. The number of para-hydroxylation sites is 1. The van der Waals surface area contributed by atoms with Gasteiger partial charge in [-0.3, -0.25) is 4.79 Å². The van der Waals surface area contributed by atoms with Crippen LogP contribution in [0.2, 0.25) is 18.1 Å². The number of carbonyl (C=O) groups excluding carboxylic acids is 2. The molecule has 332 valence electrons. The van der Waals surface area contributed by atoms with E-state index in [1.807, 2.05) is 140 Å². The van der Waals surface area contributed by atoms with Crippen molar-refractivity contribution in [3.05, 3.63) is 197 Å². The molecule has 6 aromatic rings. The zero-order chi connectivity index (χ0) is 45.1. The van der Waals surface area contributed by atoms with Gasteiger partial charge < -0.3 is 24.0 Å². The minimum atomic E-state index is -2.41. The van der Waals surface area contributed by atoms with Crippen LogP contribution in [-0.4, -0.2) is 37.9 Å². The first-order valence-electron chi connectivity index (χ1n) is 22.1. The van der Waals surface area contributed by atoms with Crippen molar-refractivity contribution in [2.75, 3.05) is 11.9 Å². The van der Waals surface area contributed by atoms with E-state index in [9.17, 15) is 9.18 Å². The maximum Gasteiger partial charge on any atom is 0.416 e. The molecule has 0 aliphatic carbocycles. The lowest BCUT2D eigenvalue weighted by atomic mass is 9.85. The summed E-state index contributed by atoms with van der Waals surface area (Å²) in [5, 5.41) is 3.61. The standard InChI is InChI=1S/C54H59FN2O6Si/c1-54(2,3)64(4,5)63-49(42-26-28-43(55)29-27-42)33-32-48(52(58)57-45(38-62-53(57)59)34-39-18-10-6-11-19-39)51(56-44-24-16-9-17-25-44)47-31-30-46(60-36-40-20-12-7-13-21-40)35-50(47)61-37-41-22-14-8-15-23-41/h6-31,35,45,48-49,51,56H,32-34,36-38H2,1-5H3/t45-,48+,49+,51+/m0/s1. The SMILES string of the molecule is CC(C)(C)[Si](C)(C)O[C@H](CC[C@@H](C(=O)N1C(=O)OC[C@@H]1Cc1ccccc1)[C@H](Nc1ccccc1)c1ccc(OCc2ccccc2)cc1OCc1ccccc1)c1ccc(F)cc1. The molecule has 7 rings (SSSR count). The third-order valence-electron chi connectivity index (χ3n) is 12.4. The Kier molecular flexibility index (Phi) is 15.0. The second-order valence-corrected chi connectivity index (χ2v) is 22.7. The van der Waals surface area contributed by atoms with Crippen molar-refractivity contribution in [3.8, 4) is 11.5 Å². The lowest BCUT2D eigenvalue weighted by molar-refractivity contribution is -0.134. The number of benzene rings is 6. The summed E-state index contributed by atoms with van der Waals surface area (Å²) in [5.74, 6) is -0.447. The minimum absolute atomic E-state index is 0.0779. The van der Waals surface area contributed by atoms with Crippen molar-refractivity contribution in [2.24, 2.45) is 5.92 Å². The molecule has 8 nitrogen and oxygen atoms in total. The number of nitrogens with zero attached hydrogens (tertiary/aromatic N) is 1. The molecule has 1 heterocycles. The summed E-state index contributed by atoms with van der Waals surface area (Å²) in [5.41, 5.74) is 5.28. The minimum Gasteiger partial charge on any atom is -0.489 e. The van der Waals surface area contributed by atoms with Gasteiger partial charge in [-0.2, -0.15) is 0 Å². The molecule has 1 fully saturated rings. The predicted octanol–water partition coefficient (Wildman–Crippen LogP) is 12.9. The topological polar surface area (TPSA) is 86.3 Å². The van der Waals surface area contributed by atoms with Gasteiger partial charge in [0.2, 0.25) is 5.91 Å². The number of ether oxygens (including phenoxy) is 3. The molecule has 0 spiro atoms. The normalized spacial score (nSPS) is 15.5. The predicted molar refractivity (Wildman–Crippen MR) is 253 cm³/mol. The average molecular weight is 879 g/mol. The van der Waals surface area contributed by atoms with E-state index in [1.165, 1.54) is 17.0 Å². The highest BCUT2D eigenvalue weighted by Gasteiger charge is 2.45. The summed E-state index contributed by atoms with van der Waals surface area (Å²) in [7, 11) is -2.41. The summed E-state index contributed by atoms with van der Waals surface area (Å²) in [6.07, 6.45) is -0.0270. The van der Waals surface area contributed by atoms with Crippen LogP contribution >= 0.6 is 0 Å². The first-order valence-corrected chi connectivity index (χ1v) is 25.0. The maximum atomic E-state index is 15.7. The van der Waals surface area contributed by atoms with E-state index < -0.39 is 38.5 Å². The number of rotatable bonds is 19. The zero-order valence-corrected chi connectivity index (χ0v) is 38.4. The van der Waals surface area contributed by atoms with Crippen LogP contribution in [0.25, 0.3) is 0 Å². The van der Waals surface area contributed by atoms with Gasteiger partial charge in [-0.25, -0.2) is 14.1 Å². The fourth-order valence-corrected chi connectivity index (χ4v) is 9.10. The Balaban J connectivity index is 1.34. The Morgan fingerprint density at radius 1 is 0.750 bits per heavy atom. The first kappa shape index (κ1) is 45.8. The lowest BCUT2D eigenvalue weighted by Crippen LogP contribution is -2.46. The van der Waals surface area contributed by atoms with Gasteiger partial charge in [0.05, 0.1) is 24.1 Å². The number of carbonyl (C=O) groups is 2. The molecule has 0 unspecified atom stereocenters. The van der Waals surface area contributed by atoms with Crippen LogP contribution in [0, 0.1) is 11.7 Å². The number of nitrogens with one attached hydrogen (secondary N) is 1. The fourth-order valence-electron chi connectivity index (χ4n) is 7.78. The summed E-state index contributed by atoms with van der Waals surface area (Å²) in [6.45, 7) is 11.6. The lowest BCUT2D eigenvalue weighted by Gasteiger charge is -2.40. The second-order valence-electron chi connectivity index (χ2n) is 18.0. The Bertz CT molecular complexity index is 2410. The number of anilines is 1. The van der Waals surface area contributed by atoms with Gasteiger partial charge in [0, 0.05) is 17.3 Å². The van der Waals surface area contributed by atoms with Gasteiger partial charge >= 0.3 is 6.09 Å². The molecule has 10 heteroatoms. The molecule has 1 saturated heterocycles. The molecule has 0 bridgehead atoms. The quantitative estimate of drug-likeness (QED) is 0.0811. The van der Waals surface area contributed by atoms with Crippen LogP contribution in [0.1, 0.15) is 73.6 Å². The van der Waals surface area contributed by atoms with Crippen molar-refractivity contribution in [2.45, 2.75) is 89.6 Å². The van der Waals surface area contributed by atoms with Crippen molar-refractivity contribution in [1.82, 2.24) is 4.90 Å². The molecule has 0 radical (unpaired) electrons. The number of halogens is 1. The van der Waals surface area contributed by atoms with E-state index in [2.05, 4.69) is 39.2 Å². The van der Waals surface area contributed by atoms with Gasteiger partial charge in [-0.15, -0.1) is 0 Å². The van der Waals surface area contributed by atoms with Crippen LogP contribution in [0.15, 0.2) is 164 Å². The zero-order valence-electron chi connectivity index (χ0n) is 37.4. The van der Waals surface area contributed by atoms with E-state index in [1.54, 1.807) is 12.1 Å². The number of imide groups is 1. The van der Waals surface area contributed by atoms with E-state index in [-0.39, 0.29) is 36.4 Å². The monoisotopic (exact) mass is 878 g/mol. The van der Waals surface area contributed by atoms with Gasteiger partial charge in [-0.1, -0.05) is 142 Å². The molecule has 0 saturated carbocycles. The molecule has 0 aromatic heterocycles. The summed E-state index contributed by atoms with van der Waals surface area (Å²) < 4.78 is 40.3. The van der Waals surface area contributed by atoms with E-state index >= 15 is 4.79 Å². The molecule has 1 N–H and O–H groups in total. The van der Waals surface area contributed by atoms with Crippen LogP contribution in [0.5, 0.6) is 11.5 Å². The Morgan fingerprint density at radius 2 is 1.31 bits per heavy atom. The molecule has 64 heavy (non-hydrogen) atoms. The maximum absolute atomic E-state index is 15.7.